The van der Waals surface area contributed by atoms with Crippen LogP contribution in [0.15, 0.2) is 6.07 Å². The minimum Gasteiger partial charge on any atom is -0.204 e. The molecule has 0 amide bonds. The highest BCUT2D eigenvalue weighted by atomic mass is 32.1. The summed E-state index contributed by atoms with van der Waals surface area (Å²) in [6.45, 7) is 0. The van der Waals surface area contributed by atoms with Crippen molar-refractivity contribution in [3.8, 4) is 0 Å². The first-order valence-corrected chi connectivity index (χ1v) is 3.64. The smallest absolute Gasteiger partial charge is 0.197 e. The van der Waals surface area contributed by atoms with E-state index in [0.29, 0.717) is 6.07 Å². The number of thiol groups is 1. The van der Waals surface area contributed by atoms with Crippen LogP contribution in [0, 0.1) is 23.3 Å². The number of halogens is 4. The Hall–Kier alpha value is -0.710. The van der Waals surface area contributed by atoms with Gasteiger partial charge in [-0.3, -0.25) is 0 Å². The van der Waals surface area contributed by atoms with Crippen molar-refractivity contribution < 1.29 is 17.6 Å². The largest absolute Gasteiger partial charge is 0.204 e. The van der Waals surface area contributed by atoms with E-state index in [1.807, 2.05) is 0 Å². The van der Waals surface area contributed by atoms with Crippen molar-refractivity contribution in [3.63, 3.8) is 0 Å². The van der Waals surface area contributed by atoms with Crippen molar-refractivity contribution >= 4 is 12.6 Å². The molecule has 5 heteroatoms. The minimum atomic E-state index is -1.79. The Morgan fingerprint density at radius 1 is 1.00 bits per heavy atom. The molecule has 1 rings (SSSR count). The second kappa shape index (κ2) is 3.35. The maximum Gasteiger partial charge on any atom is 0.197 e. The van der Waals surface area contributed by atoms with Crippen LogP contribution in [0.4, 0.5) is 17.6 Å². The molecule has 0 radical (unpaired) electrons. The summed E-state index contributed by atoms with van der Waals surface area (Å²) < 4.78 is 49.7. The van der Waals surface area contributed by atoms with Crippen LogP contribution < -0.4 is 0 Å². The van der Waals surface area contributed by atoms with Crippen LogP contribution in [0.2, 0.25) is 0 Å². The van der Waals surface area contributed by atoms with Gasteiger partial charge in [0.2, 0.25) is 0 Å². The standard InChI is InChI=1S/C7H4F4S/c8-4-1-3(2-12)5(9)7(11)6(4)10/h1,12H,2H2. The Kier molecular flexibility index (Phi) is 2.62. The van der Waals surface area contributed by atoms with Crippen LogP contribution in [0.5, 0.6) is 0 Å². The predicted octanol–water partition coefficient (Wildman–Crippen LogP) is 2.67. The molecule has 0 aliphatic heterocycles. The predicted molar refractivity (Wildman–Crippen MR) is 39.0 cm³/mol. The molecular formula is C7H4F4S. The first kappa shape index (κ1) is 9.38. The molecule has 0 heterocycles. The number of benzene rings is 1. The molecule has 0 N–H and O–H groups in total. The molecule has 0 unspecified atom stereocenters. The van der Waals surface area contributed by atoms with Crippen LogP contribution in [0.25, 0.3) is 0 Å². The number of hydrogen-bond donors (Lipinski definition) is 1. The molecule has 0 aliphatic rings. The van der Waals surface area contributed by atoms with Gasteiger partial charge >= 0.3 is 0 Å². The summed E-state index contributed by atoms with van der Waals surface area (Å²) in [5.74, 6) is -6.56. The first-order valence-electron chi connectivity index (χ1n) is 3.00. The highest BCUT2D eigenvalue weighted by Crippen LogP contribution is 2.19. The van der Waals surface area contributed by atoms with Gasteiger partial charge in [-0.15, -0.1) is 0 Å². The van der Waals surface area contributed by atoms with E-state index in [-0.39, 0.29) is 11.3 Å². The van der Waals surface area contributed by atoms with E-state index in [1.165, 1.54) is 0 Å². The van der Waals surface area contributed by atoms with Gasteiger partial charge in [-0.2, -0.15) is 12.6 Å². The Morgan fingerprint density at radius 2 is 1.58 bits per heavy atom. The third-order valence-corrected chi connectivity index (χ3v) is 1.69. The van der Waals surface area contributed by atoms with Crippen LogP contribution in [-0.4, -0.2) is 0 Å². The number of rotatable bonds is 1. The van der Waals surface area contributed by atoms with Crippen molar-refractivity contribution in [1.82, 2.24) is 0 Å². The van der Waals surface area contributed by atoms with Gasteiger partial charge in [0, 0.05) is 11.3 Å². The Bertz CT molecular complexity index is 311. The second-order valence-electron chi connectivity index (χ2n) is 2.12. The zero-order chi connectivity index (χ0) is 9.30. The van der Waals surface area contributed by atoms with Crippen LogP contribution >= 0.6 is 12.6 Å². The molecule has 1 aromatic carbocycles. The average Bonchev–Trinajstić information content (AvgIpc) is 2.08. The fourth-order valence-electron chi connectivity index (χ4n) is 0.737. The third-order valence-electron chi connectivity index (χ3n) is 1.35. The second-order valence-corrected chi connectivity index (χ2v) is 2.43. The van der Waals surface area contributed by atoms with E-state index < -0.39 is 23.3 Å². The lowest BCUT2D eigenvalue weighted by atomic mass is 10.2. The summed E-state index contributed by atoms with van der Waals surface area (Å²) in [4.78, 5) is 0. The summed E-state index contributed by atoms with van der Waals surface area (Å²) in [6.07, 6.45) is 0. The van der Waals surface area contributed by atoms with E-state index >= 15 is 0 Å². The van der Waals surface area contributed by atoms with Gasteiger partial charge in [0.15, 0.2) is 23.3 Å². The van der Waals surface area contributed by atoms with Crippen molar-refractivity contribution in [2.45, 2.75) is 5.75 Å². The van der Waals surface area contributed by atoms with Crippen LogP contribution in [0.1, 0.15) is 5.56 Å². The average molecular weight is 196 g/mol. The Labute approximate surface area is 71.6 Å². The normalized spacial score (nSPS) is 10.4. The van der Waals surface area contributed by atoms with Crippen molar-refractivity contribution in [1.29, 1.82) is 0 Å². The topological polar surface area (TPSA) is 0 Å². The van der Waals surface area contributed by atoms with E-state index in [4.69, 9.17) is 0 Å². The van der Waals surface area contributed by atoms with E-state index in [2.05, 4.69) is 12.6 Å². The minimum absolute atomic E-state index is 0.181. The molecule has 0 aromatic heterocycles. The van der Waals surface area contributed by atoms with Gasteiger partial charge in [0.05, 0.1) is 0 Å². The van der Waals surface area contributed by atoms with Gasteiger partial charge in [-0.25, -0.2) is 17.6 Å². The fraction of sp³-hybridized carbons (Fsp3) is 0.143. The zero-order valence-electron chi connectivity index (χ0n) is 5.74. The molecule has 0 aliphatic carbocycles. The van der Waals surface area contributed by atoms with Gasteiger partial charge in [-0.05, 0) is 6.07 Å². The first-order chi connectivity index (χ1) is 5.57. The van der Waals surface area contributed by atoms with Gasteiger partial charge in [-0.1, -0.05) is 0 Å². The molecule has 0 nitrogen and oxygen atoms in total. The highest BCUT2D eigenvalue weighted by Gasteiger charge is 2.17. The molecule has 0 saturated carbocycles. The molecule has 0 atom stereocenters. The molecular weight excluding hydrogens is 192 g/mol. The van der Waals surface area contributed by atoms with Gasteiger partial charge < -0.3 is 0 Å². The monoisotopic (exact) mass is 196 g/mol. The molecule has 0 fully saturated rings. The molecule has 1 aromatic rings. The zero-order valence-corrected chi connectivity index (χ0v) is 6.64. The summed E-state index contributed by atoms with van der Waals surface area (Å²) >= 11 is 3.61. The lowest BCUT2D eigenvalue weighted by molar-refractivity contribution is 0.405. The van der Waals surface area contributed by atoms with E-state index in [1.54, 1.807) is 0 Å². The molecule has 0 spiro atoms. The van der Waals surface area contributed by atoms with Crippen LogP contribution in [-0.2, 0) is 5.75 Å². The van der Waals surface area contributed by atoms with E-state index in [0.717, 1.165) is 0 Å². The van der Waals surface area contributed by atoms with Crippen LogP contribution in [0.3, 0.4) is 0 Å². The summed E-state index contributed by atoms with van der Waals surface area (Å²) in [7, 11) is 0. The summed E-state index contributed by atoms with van der Waals surface area (Å²) in [5, 5.41) is 0. The fourth-order valence-corrected chi connectivity index (χ4v) is 0.967. The number of hydrogen-bond acceptors (Lipinski definition) is 1. The lowest BCUT2D eigenvalue weighted by Gasteiger charge is -2.01. The molecule has 0 bridgehead atoms. The van der Waals surface area contributed by atoms with Gasteiger partial charge in [0.25, 0.3) is 0 Å². The molecule has 12 heavy (non-hydrogen) atoms. The third kappa shape index (κ3) is 1.41. The van der Waals surface area contributed by atoms with Crippen molar-refractivity contribution in [2.24, 2.45) is 0 Å². The quantitative estimate of drug-likeness (QED) is 0.303. The highest BCUT2D eigenvalue weighted by molar-refractivity contribution is 7.79. The summed E-state index contributed by atoms with van der Waals surface area (Å²) in [6, 6.07) is 0.584. The maximum atomic E-state index is 12.6. The lowest BCUT2D eigenvalue weighted by Crippen LogP contribution is -1.99. The van der Waals surface area contributed by atoms with Gasteiger partial charge in [0.1, 0.15) is 0 Å². The summed E-state index contributed by atoms with van der Waals surface area (Å²) in [5.41, 5.74) is -0.297. The Morgan fingerprint density at radius 3 is 2.08 bits per heavy atom. The van der Waals surface area contributed by atoms with Crippen molar-refractivity contribution in [3.05, 3.63) is 34.9 Å². The van der Waals surface area contributed by atoms with E-state index in [9.17, 15) is 17.6 Å². The SMILES string of the molecule is Fc1cc(CS)c(F)c(F)c1F. The Balaban J connectivity index is 3.39. The maximum absolute atomic E-state index is 12.6. The molecule has 0 saturated heterocycles. The van der Waals surface area contributed by atoms with Crippen molar-refractivity contribution in [2.75, 3.05) is 0 Å². The molecule has 66 valence electrons.